The number of rotatable bonds is 3. The highest BCUT2D eigenvalue weighted by Gasteiger charge is 2.27. The quantitative estimate of drug-likeness (QED) is 0.827. The maximum atomic E-state index is 12.5. The van der Waals surface area contributed by atoms with Crippen molar-refractivity contribution >= 4 is 28.2 Å². The zero-order valence-corrected chi connectivity index (χ0v) is 13.2. The molecule has 0 amide bonds. The van der Waals surface area contributed by atoms with Gasteiger partial charge in [-0.15, -0.1) is 0 Å². The molecule has 3 N–H and O–H groups in total. The second-order valence-corrected chi connectivity index (χ2v) is 6.34. The average Bonchev–Trinajstić information content (AvgIpc) is 3.40. The number of hydrogen-bond acceptors (Lipinski definition) is 5. The van der Waals surface area contributed by atoms with Crippen molar-refractivity contribution in [3.05, 3.63) is 34.1 Å². The van der Waals surface area contributed by atoms with Crippen LogP contribution < -0.4 is 16.1 Å². The van der Waals surface area contributed by atoms with E-state index in [1.165, 1.54) is 6.20 Å². The van der Waals surface area contributed by atoms with E-state index in [4.69, 9.17) is 10.5 Å². The Kier molecular flexibility index (Phi) is 3.45. The number of ether oxygens (including phenoxy) is 1. The molecule has 0 spiro atoms. The lowest BCUT2D eigenvalue weighted by Gasteiger charge is -2.30. The third kappa shape index (κ3) is 2.41. The Labute approximate surface area is 138 Å². The van der Waals surface area contributed by atoms with E-state index in [0.717, 1.165) is 37.1 Å². The molecule has 2 heterocycles. The zero-order chi connectivity index (χ0) is 16.8. The van der Waals surface area contributed by atoms with Crippen LogP contribution in [-0.4, -0.2) is 41.9 Å². The van der Waals surface area contributed by atoms with Crippen molar-refractivity contribution in [3.63, 3.8) is 0 Å². The molecule has 1 aromatic carbocycles. The number of aromatic nitrogens is 1. The van der Waals surface area contributed by atoms with E-state index in [0.29, 0.717) is 24.3 Å². The van der Waals surface area contributed by atoms with Crippen LogP contribution in [0.2, 0.25) is 0 Å². The molecule has 4 rings (SSSR count). The highest BCUT2D eigenvalue weighted by Crippen LogP contribution is 2.38. The van der Waals surface area contributed by atoms with Crippen LogP contribution in [0.25, 0.3) is 10.9 Å². The third-order valence-corrected chi connectivity index (χ3v) is 4.70. The predicted octanol–water partition coefficient (Wildman–Crippen LogP) is 1.45. The van der Waals surface area contributed by atoms with Crippen molar-refractivity contribution in [2.45, 2.75) is 18.9 Å². The molecular formula is C17H19N3O4. The van der Waals surface area contributed by atoms with Crippen LogP contribution in [0.3, 0.4) is 0 Å². The Bertz CT molecular complexity index is 880. The summed E-state index contributed by atoms with van der Waals surface area (Å²) >= 11 is 0. The summed E-state index contributed by atoms with van der Waals surface area (Å²) in [5.74, 6) is -1.20. The summed E-state index contributed by atoms with van der Waals surface area (Å²) in [6.07, 6.45) is 3.46. The summed E-state index contributed by atoms with van der Waals surface area (Å²) < 4.78 is 7.30. The first-order chi connectivity index (χ1) is 11.6. The highest BCUT2D eigenvalue weighted by molar-refractivity contribution is 5.96. The molecule has 126 valence electrons. The van der Waals surface area contributed by atoms with Gasteiger partial charge in [-0.2, -0.15) is 0 Å². The van der Waals surface area contributed by atoms with E-state index in [-0.39, 0.29) is 11.6 Å². The van der Waals surface area contributed by atoms with Gasteiger partial charge >= 0.3 is 5.97 Å². The average molecular weight is 329 g/mol. The number of carbonyl (C=O) groups is 1. The Hall–Kier alpha value is -2.54. The molecule has 0 unspecified atom stereocenters. The number of carboxylic acid groups (broad SMARTS) is 1. The van der Waals surface area contributed by atoms with Crippen LogP contribution in [-0.2, 0) is 4.74 Å². The number of anilines is 2. The molecule has 7 nitrogen and oxygen atoms in total. The number of nitrogens with zero attached hydrogens (tertiary/aromatic N) is 2. The molecule has 2 aliphatic rings. The molecule has 1 aromatic heterocycles. The number of nitrogens with two attached hydrogens (primary N) is 1. The fraction of sp³-hybridized carbons (Fsp3) is 0.412. The summed E-state index contributed by atoms with van der Waals surface area (Å²) in [5.41, 5.74) is 7.62. The lowest BCUT2D eigenvalue weighted by atomic mass is 10.1. The highest BCUT2D eigenvalue weighted by atomic mass is 16.5. The van der Waals surface area contributed by atoms with Crippen LogP contribution >= 0.6 is 0 Å². The lowest BCUT2D eigenvalue weighted by Crippen LogP contribution is -2.36. The van der Waals surface area contributed by atoms with Crippen molar-refractivity contribution < 1.29 is 14.6 Å². The van der Waals surface area contributed by atoms with Gasteiger partial charge in [0, 0.05) is 30.7 Å². The number of benzene rings is 1. The summed E-state index contributed by atoms with van der Waals surface area (Å²) in [6.45, 7) is 2.78. The van der Waals surface area contributed by atoms with Crippen molar-refractivity contribution in [3.8, 4) is 0 Å². The minimum absolute atomic E-state index is 0.201. The van der Waals surface area contributed by atoms with Crippen LogP contribution in [0.5, 0.6) is 0 Å². The molecule has 1 saturated heterocycles. The van der Waals surface area contributed by atoms with Gasteiger partial charge in [0.05, 0.1) is 30.1 Å². The van der Waals surface area contributed by atoms with Gasteiger partial charge in [0.25, 0.3) is 0 Å². The smallest absolute Gasteiger partial charge is 0.341 e. The first kappa shape index (κ1) is 15.0. The number of pyridine rings is 1. The standard InChI is InChI=1S/C17H19N3O4/c18-13-7-11-14(8-15(13)19-3-5-24-6-4-19)20(10-1-2-10)9-12(16(11)21)17(22)23/h7-10H,1-6,18H2,(H,22,23). The molecule has 0 radical (unpaired) electrons. The largest absolute Gasteiger partial charge is 0.477 e. The van der Waals surface area contributed by atoms with Crippen molar-refractivity contribution in [1.29, 1.82) is 0 Å². The maximum Gasteiger partial charge on any atom is 0.341 e. The molecule has 1 saturated carbocycles. The topological polar surface area (TPSA) is 97.8 Å². The van der Waals surface area contributed by atoms with Gasteiger partial charge in [-0.3, -0.25) is 4.79 Å². The minimum atomic E-state index is -1.20. The summed E-state index contributed by atoms with van der Waals surface area (Å²) in [6, 6.07) is 3.79. The van der Waals surface area contributed by atoms with Crippen molar-refractivity contribution in [1.82, 2.24) is 4.57 Å². The number of fused-ring (bicyclic) bond motifs is 1. The predicted molar refractivity (Wildman–Crippen MR) is 90.9 cm³/mol. The maximum absolute atomic E-state index is 12.5. The molecule has 0 bridgehead atoms. The van der Waals surface area contributed by atoms with E-state index in [1.54, 1.807) is 6.07 Å². The fourth-order valence-corrected chi connectivity index (χ4v) is 3.29. The van der Waals surface area contributed by atoms with E-state index >= 15 is 0 Å². The zero-order valence-electron chi connectivity index (χ0n) is 13.2. The fourth-order valence-electron chi connectivity index (χ4n) is 3.29. The molecule has 1 aliphatic carbocycles. The van der Waals surface area contributed by atoms with Crippen molar-refractivity contribution in [2.24, 2.45) is 0 Å². The molecule has 24 heavy (non-hydrogen) atoms. The Morgan fingerprint density at radius 3 is 2.58 bits per heavy atom. The second kappa shape index (κ2) is 5.52. The first-order valence-corrected chi connectivity index (χ1v) is 8.10. The third-order valence-electron chi connectivity index (χ3n) is 4.70. The number of hydrogen-bond donors (Lipinski definition) is 2. The van der Waals surface area contributed by atoms with Gasteiger partial charge in [0.1, 0.15) is 5.56 Å². The number of aromatic carboxylic acids is 1. The SMILES string of the molecule is Nc1cc2c(=O)c(C(=O)O)cn(C3CC3)c2cc1N1CCOCC1. The Morgan fingerprint density at radius 2 is 1.96 bits per heavy atom. The monoisotopic (exact) mass is 329 g/mol. The molecule has 7 heteroatoms. The van der Waals surface area contributed by atoms with Gasteiger partial charge in [-0.25, -0.2) is 4.79 Å². The van der Waals surface area contributed by atoms with Gasteiger partial charge < -0.3 is 25.0 Å². The van der Waals surface area contributed by atoms with Crippen molar-refractivity contribution in [2.75, 3.05) is 36.9 Å². The normalized spacial score (nSPS) is 18.1. The number of nitrogen functional groups attached to an aromatic ring is 1. The van der Waals surface area contributed by atoms with Gasteiger partial charge in [0.15, 0.2) is 0 Å². The van der Waals surface area contributed by atoms with E-state index in [1.807, 2.05) is 10.6 Å². The molecule has 2 fully saturated rings. The summed E-state index contributed by atoms with van der Waals surface area (Å²) in [4.78, 5) is 26.1. The molecule has 1 aliphatic heterocycles. The molecular weight excluding hydrogens is 310 g/mol. The van der Waals surface area contributed by atoms with Crippen LogP contribution in [0.1, 0.15) is 29.2 Å². The Morgan fingerprint density at radius 1 is 1.25 bits per heavy atom. The van der Waals surface area contributed by atoms with Crippen LogP contribution in [0.4, 0.5) is 11.4 Å². The van der Waals surface area contributed by atoms with E-state index in [9.17, 15) is 14.7 Å². The summed E-state index contributed by atoms with van der Waals surface area (Å²) in [7, 11) is 0. The van der Waals surface area contributed by atoms with E-state index < -0.39 is 11.4 Å². The van der Waals surface area contributed by atoms with E-state index in [2.05, 4.69) is 4.90 Å². The first-order valence-electron chi connectivity index (χ1n) is 8.10. The van der Waals surface area contributed by atoms with Gasteiger partial charge in [-0.1, -0.05) is 0 Å². The Balaban J connectivity index is 1.95. The van der Waals surface area contributed by atoms with Gasteiger partial charge in [0.2, 0.25) is 5.43 Å². The second-order valence-electron chi connectivity index (χ2n) is 6.34. The number of morpholine rings is 1. The number of carboxylic acids is 1. The summed E-state index contributed by atoms with van der Waals surface area (Å²) in [5, 5.41) is 9.68. The van der Waals surface area contributed by atoms with Gasteiger partial charge in [-0.05, 0) is 25.0 Å². The lowest BCUT2D eigenvalue weighted by molar-refractivity contribution is 0.0695. The van der Waals surface area contributed by atoms with Crippen LogP contribution in [0.15, 0.2) is 23.1 Å². The van der Waals surface area contributed by atoms with Crippen LogP contribution in [0, 0.1) is 0 Å². The molecule has 2 aromatic rings. The minimum Gasteiger partial charge on any atom is -0.477 e. The molecule has 0 atom stereocenters.